The molecule has 5 heterocycles. The highest BCUT2D eigenvalue weighted by Crippen LogP contribution is 2.33. The molecule has 0 atom stereocenters. The highest BCUT2D eigenvalue weighted by Gasteiger charge is 2.25. The Morgan fingerprint density at radius 2 is 1.94 bits per heavy atom. The third-order valence-electron chi connectivity index (χ3n) is 6.40. The number of piperazine rings is 1. The average Bonchev–Trinajstić information content (AvgIpc) is 3.58. The summed E-state index contributed by atoms with van der Waals surface area (Å²) in [5.41, 5.74) is 2.80. The van der Waals surface area contributed by atoms with E-state index < -0.39 is 0 Å². The Hall–Kier alpha value is -2.40. The number of thiazole rings is 1. The first-order chi connectivity index (χ1) is 16.2. The minimum atomic E-state index is -0.00972. The predicted octanol–water partition coefficient (Wildman–Crippen LogP) is 4.01. The summed E-state index contributed by atoms with van der Waals surface area (Å²) in [7, 11) is 0. The number of aryl methyl sites for hydroxylation is 2. The van der Waals surface area contributed by atoms with E-state index in [9.17, 15) is 9.59 Å². The van der Waals surface area contributed by atoms with E-state index in [1.165, 1.54) is 28.2 Å². The van der Waals surface area contributed by atoms with Gasteiger partial charge in [-0.2, -0.15) is 11.3 Å². The van der Waals surface area contributed by atoms with Crippen molar-refractivity contribution in [1.82, 2.24) is 24.8 Å². The topological polar surface area (TPSA) is 82.2 Å². The molecule has 1 saturated heterocycles. The standard InChI is InChI=1S/C23H23N5O2S3/c29-20-19-15-3-1-2-4-17(15)33-22(19)26-18(25-20)11-27-6-8-28(9-7-27)23(30)16-13-32-21(24-16)14-5-10-31-12-14/h5,10,12-13H,1-4,6-9,11H2,(H,25,26,29). The van der Waals surface area contributed by atoms with Crippen LogP contribution in [0.5, 0.6) is 0 Å². The van der Waals surface area contributed by atoms with Gasteiger partial charge in [0.05, 0.1) is 11.9 Å². The van der Waals surface area contributed by atoms with Gasteiger partial charge in [0.1, 0.15) is 21.4 Å². The maximum Gasteiger partial charge on any atom is 0.273 e. The van der Waals surface area contributed by atoms with E-state index in [-0.39, 0.29) is 11.5 Å². The van der Waals surface area contributed by atoms with Gasteiger partial charge in [-0.25, -0.2) is 9.97 Å². The molecule has 10 heteroatoms. The number of carbonyl (C=O) groups excluding carboxylic acids is 1. The van der Waals surface area contributed by atoms with Gasteiger partial charge in [-0.1, -0.05) is 0 Å². The number of nitrogens with zero attached hydrogens (tertiary/aromatic N) is 4. The van der Waals surface area contributed by atoms with Crippen LogP contribution >= 0.6 is 34.0 Å². The van der Waals surface area contributed by atoms with Crippen LogP contribution in [-0.4, -0.2) is 56.8 Å². The molecule has 1 amide bonds. The molecule has 1 fully saturated rings. The smallest absolute Gasteiger partial charge is 0.273 e. The van der Waals surface area contributed by atoms with Crippen LogP contribution in [0.3, 0.4) is 0 Å². The number of carbonyl (C=O) groups is 1. The molecule has 0 radical (unpaired) electrons. The van der Waals surface area contributed by atoms with E-state index in [0.29, 0.717) is 31.2 Å². The summed E-state index contributed by atoms with van der Waals surface area (Å²) < 4.78 is 0. The number of nitrogens with one attached hydrogen (secondary N) is 1. The third kappa shape index (κ3) is 4.05. The van der Waals surface area contributed by atoms with Crippen LogP contribution in [0.25, 0.3) is 20.8 Å². The second-order valence-corrected chi connectivity index (χ2v) is 11.2. The maximum atomic E-state index is 12.9. The number of amides is 1. The van der Waals surface area contributed by atoms with Crippen molar-refractivity contribution in [3.8, 4) is 10.6 Å². The van der Waals surface area contributed by atoms with Crippen molar-refractivity contribution >= 4 is 50.1 Å². The zero-order valence-corrected chi connectivity index (χ0v) is 20.5. The first-order valence-corrected chi connectivity index (χ1v) is 13.8. The minimum Gasteiger partial charge on any atom is -0.335 e. The monoisotopic (exact) mass is 497 g/mol. The van der Waals surface area contributed by atoms with Crippen molar-refractivity contribution in [1.29, 1.82) is 0 Å². The van der Waals surface area contributed by atoms with Gasteiger partial charge in [-0.3, -0.25) is 14.5 Å². The summed E-state index contributed by atoms with van der Waals surface area (Å²) in [4.78, 5) is 44.4. The van der Waals surface area contributed by atoms with E-state index in [2.05, 4.69) is 14.9 Å². The second-order valence-electron chi connectivity index (χ2n) is 8.52. The van der Waals surface area contributed by atoms with Crippen LogP contribution in [-0.2, 0) is 19.4 Å². The van der Waals surface area contributed by atoms with E-state index in [4.69, 9.17) is 4.98 Å². The number of thiophene rings is 2. The molecule has 4 aromatic rings. The van der Waals surface area contributed by atoms with Gasteiger partial charge in [0.25, 0.3) is 11.5 Å². The van der Waals surface area contributed by atoms with E-state index >= 15 is 0 Å². The lowest BCUT2D eigenvalue weighted by molar-refractivity contribution is 0.0620. The Bertz CT molecular complexity index is 1360. The second kappa shape index (κ2) is 8.75. The van der Waals surface area contributed by atoms with Crippen molar-refractivity contribution in [2.75, 3.05) is 26.2 Å². The predicted molar refractivity (Wildman–Crippen MR) is 133 cm³/mol. The molecular formula is C23H23N5O2S3. The van der Waals surface area contributed by atoms with Crippen LogP contribution < -0.4 is 5.56 Å². The summed E-state index contributed by atoms with van der Waals surface area (Å²) in [6, 6.07) is 2.03. The van der Waals surface area contributed by atoms with Crippen molar-refractivity contribution in [2.45, 2.75) is 32.2 Å². The lowest BCUT2D eigenvalue weighted by atomic mass is 9.97. The van der Waals surface area contributed by atoms with E-state index in [1.54, 1.807) is 22.7 Å². The third-order valence-corrected chi connectivity index (χ3v) is 9.16. The molecule has 170 valence electrons. The van der Waals surface area contributed by atoms with Crippen LogP contribution in [0, 0.1) is 0 Å². The number of hydrogen-bond acceptors (Lipinski definition) is 8. The molecule has 0 spiro atoms. The van der Waals surface area contributed by atoms with Gasteiger partial charge in [0.15, 0.2) is 0 Å². The summed E-state index contributed by atoms with van der Waals surface area (Å²) in [6.45, 7) is 3.37. The first kappa shape index (κ1) is 21.2. The van der Waals surface area contributed by atoms with Gasteiger partial charge < -0.3 is 9.88 Å². The molecule has 1 aliphatic carbocycles. The molecular weight excluding hydrogens is 474 g/mol. The Kier molecular flexibility index (Phi) is 5.61. The number of hydrogen-bond donors (Lipinski definition) is 1. The fourth-order valence-corrected chi connectivity index (χ4v) is 7.44. The number of H-pyrrole nitrogens is 1. The molecule has 0 aromatic carbocycles. The molecule has 2 aliphatic rings. The maximum absolute atomic E-state index is 12.9. The Balaban J connectivity index is 1.11. The molecule has 1 aliphatic heterocycles. The van der Waals surface area contributed by atoms with Gasteiger partial charge in [-0.15, -0.1) is 22.7 Å². The highest BCUT2D eigenvalue weighted by molar-refractivity contribution is 7.18. The Morgan fingerprint density at radius 3 is 2.76 bits per heavy atom. The molecule has 0 unspecified atom stereocenters. The molecule has 0 bridgehead atoms. The lowest BCUT2D eigenvalue weighted by Crippen LogP contribution is -2.48. The van der Waals surface area contributed by atoms with E-state index in [0.717, 1.165) is 53.1 Å². The zero-order valence-electron chi connectivity index (χ0n) is 18.0. The molecule has 1 N–H and O–H groups in total. The summed E-state index contributed by atoms with van der Waals surface area (Å²) in [6.07, 6.45) is 4.40. The average molecular weight is 498 g/mol. The largest absolute Gasteiger partial charge is 0.335 e. The van der Waals surface area contributed by atoms with Gasteiger partial charge >= 0.3 is 0 Å². The van der Waals surface area contributed by atoms with Gasteiger partial charge in [0.2, 0.25) is 0 Å². The summed E-state index contributed by atoms with van der Waals surface area (Å²) in [5.74, 6) is 0.704. The molecule has 7 nitrogen and oxygen atoms in total. The van der Waals surface area contributed by atoms with Crippen molar-refractivity contribution < 1.29 is 4.79 Å². The fourth-order valence-electron chi connectivity index (χ4n) is 4.66. The van der Waals surface area contributed by atoms with Crippen LogP contribution in [0.1, 0.15) is 39.6 Å². The molecule has 4 aromatic heterocycles. The van der Waals surface area contributed by atoms with Gasteiger partial charge in [-0.05, 0) is 42.7 Å². The number of fused-ring (bicyclic) bond motifs is 3. The molecule has 33 heavy (non-hydrogen) atoms. The summed E-state index contributed by atoms with van der Waals surface area (Å²) >= 11 is 4.82. The zero-order chi connectivity index (χ0) is 22.4. The summed E-state index contributed by atoms with van der Waals surface area (Å²) in [5, 5.41) is 7.61. The van der Waals surface area contributed by atoms with Crippen molar-refractivity contribution in [2.24, 2.45) is 0 Å². The fraction of sp³-hybridized carbons (Fsp3) is 0.391. The number of rotatable bonds is 4. The van der Waals surface area contributed by atoms with Crippen molar-refractivity contribution in [3.05, 3.63) is 54.5 Å². The normalized spacial score (nSPS) is 16.9. The number of aromatic amines is 1. The van der Waals surface area contributed by atoms with Crippen LogP contribution in [0.2, 0.25) is 0 Å². The Morgan fingerprint density at radius 1 is 1.09 bits per heavy atom. The Labute approximate surface area is 202 Å². The quantitative estimate of drug-likeness (QED) is 0.461. The SMILES string of the molecule is O=C(c1csc(-c2ccsc2)n1)N1CCN(Cc2nc3sc4c(c3c(=O)[nH]2)CCCC4)CC1. The minimum absolute atomic E-state index is 0.00632. The molecule has 0 saturated carbocycles. The van der Waals surface area contributed by atoms with Crippen LogP contribution in [0.4, 0.5) is 0 Å². The number of aromatic nitrogens is 3. The molecule has 6 rings (SSSR count). The van der Waals surface area contributed by atoms with Gasteiger partial charge in [0, 0.05) is 47.4 Å². The van der Waals surface area contributed by atoms with E-state index in [1.807, 2.05) is 27.1 Å². The highest BCUT2D eigenvalue weighted by atomic mass is 32.1. The van der Waals surface area contributed by atoms with Crippen molar-refractivity contribution in [3.63, 3.8) is 0 Å². The first-order valence-electron chi connectivity index (χ1n) is 11.2. The van der Waals surface area contributed by atoms with Crippen LogP contribution in [0.15, 0.2) is 27.0 Å². The lowest BCUT2D eigenvalue weighted by Gasteiger charge is -2.34.